The number of imidazole rings is 1. The van der Waals surface area contributed by atoms with Gasteiger partial charge in [0.25, 0.3) is 0 Å². The summed E-state index contributed by atoms with van der Waals surface area (Å²) in [5.74, 6) is 0.505. The Hall–Kier alpha value is -1.47. The van der Waals surface area contributed by atoms with Crippen molar-refractivity contribution in [3.8, 4) is 0 Å². The van der Waals surface area contributed by atoms with Gasteiger partial charge in [-0.1, -0.05) is 12.2 Å². The monoisotopic (exact) mass is 254 g/mol. The molecule has 1 aliphatic rings. The van der Waals surface area contributed by atoms with E-state index in [4.69, 9.17) is 22.7 Å². The minimum absolute atomic E-state index is 0.0313. The Bertz CT molecular complexity index is 426. The zero-order valence-electron chi connectivity index (χ0n) is 9.33. The van der Waals surface area contributed by atoms with Crippen LogP contribution >= 0.6 is 12.2 Å². The topological polar surface area (TPSA) is 73.4 Å². The van der Waals surface area contributed by atoms with Gasteiger partial charge in [0, 0.05) is 25.5 Å². The number of amides is 1. The molecule has 2 heterocycles. The number of aromatic nitrogens is 2. The molecule has 1 aromatic heterocycles. The Labute approximate surface area is 104 Å². The van der Waals surface area contributed by atoms with Crippen molar-refractivity contribution in [2.45, 2.75) is 6.54 Å². The normalized spacial score (nSPS) is 15.9. The quantitative estimate of drug-likeness (QED) is 0.727. The van der Waals surface area contributed by atoms with Gasteiger partial charge in [-0.2, -0.15) is 0 Å². The van der Waals surface area contributed by atoms with Crippen molar-refractivity contribution in [3.05, 3.63) is 18.2 Å². The first kappa shape index (κ1) is 12.0. The molecule has 2 rings (SSSR count). The summed E-state index contributed by atoms with van der Waals surface area (Å²) in [4.78, 5) is 18.0. The molecule has 0 aromatic carbocycles. The maximum Gasteiger partial charge on any atom is 0.242 e. The smallest absolute Gasteiger partial charge is 0.242 e. The van der Waals surface area contributed by atoms with Crippen LogP contribution in [0.3, 0.4) is 0 Å². The minimum atomic E-state index is 0.0313. The van der Waals surface area contributed by atoms with E-state index in [0.29, 0.717) is 32.1 Å². The molecular formula is C10H14N4O2S. The SMILES string of the molecule is NC(=S)c1nccn1CC(=O)N1CCOCC1. The summed E-state index contributed by atoms with van der Waals surface area (Å²) in [6, 6.07) is 0. The molecule has 0 bridgehead atoms. The average molecular weight is 254 g/mol. The van der Waals surface area contributed by atoms with E-state index in [1.165, 1.54) is 0 Å². The molecule has 1 aromatic rings. The van der Waals surface area contributed by atoms with E-state index in [2.05, 4.69) is 4.98 Å². The molecule has 0 radical (unpaired) electrons. The number of carbonyl (C=O) groups excluding carboxylic acids is 1. The maximum atomic E-state index is 12.0. The predicted octanol–water partition coefficient (Wildman–Crippen LogP) is -0.624. The highest BCUT2D eigenvalue weighted by molar-refractivity contribution is 7.80. The number of hydrogen-bond donors (Lipinski definition) is 1. The summed E-state index contributed by atoms with van der Waals surface area (Å²) in [5, 5.41) is 0. The Morgan fingerprint density at radius 1 is 1.53 bits per heavy atom. The van der Waals surface area contributed by atoms with Crippen LogP contribution in [-0.4, -0.2) is 51.6 Å². The van der Waals surface area contributed by atoms with Gasteiger partial charge in [0.05, 0.1) is 13.2 Å². The van der Waals surface area contributed by atoms with Gasteiger partial charge in [0.1, 0.15) is 11.5 Å². The number of nitrogens with two attached hydrogens (primary N) is 1. The molecule has 2 N–H and O–H groups in total. The van der Waals surface area contributed by atoms with Crippen LogP contribution < -0.4 is 5.73 Å². The molecule has 1 aliphatic heterocycles. The van der Waals surface area contributed by atoms with Gasteiger partial charge in [0.15, 0.2) is 5.82 Å². The highest BCUT2D eigenvalue weighted by Gasteiger charge is 2.18. The summed E-state index contributed by atoms with van der Waals surface area (Å²) in [6.07, 6.45) is 3.29. The Morgan fingerprint density at radius 3 is 2.88 bits per heavy atom. The van der Waals surface area contributed by atoms with Crippen LogP contribution in [0.4, 0.5) is 0 Å². The Balaban J connectivity index is 2.02. The van der Waals surface area contributed by atoms with E-state index in [9.17, 15) is 4.79 Å². The Morgan fingerprint density at radius 2 is 2.24 bits per heavy atom. The summed E-state index contributed by atoms with van der Waals surface area (Å²) in [7, 11) is 0. The lowest BCUT2D eigenvalue weighted by atomic mass is 10.4. The van der Waals surface area contributed by atoms with Gasteiger partial charge in [-0.05, 0) is 0 Å². The predicted molar refractivity (Wildman–Crippen MR) is 65.5 cm³/mol. The molecule has 0 spiro atoms. The molecule has 0 aliphatic carbocycles. The fraction of sp³-hybridized carbons (Fsp3) is 0.500. The molecule has 0 saturated carbocycles. The molecule has 17 heavy (non-hydrogen) atoms. The fourth-order valence-corrected chi connectivity index (χ4v) is 1.89. The number of hydrogen-bond acceptors (Lipinski definition) is 4. The zero-order valence-corrected chi connectivity index (χ0v) is 10.2. The van der Waals surface area contributed by atoms with Crippen molar-refractivity contribution in [1.82, 2.24) is 14.5 Å². The molecule has 7 heteroatoms. The van der Waals surface area contributed by atoms with Gasteiger partial charge < -0.3 is 19.9 Å². The highest BCUT2D eigenvalue weighted by Crippen LogP contribution is 2.02. The van der Waals surface area contributed by atoms with Crippen LogP contribution in [-0.2, 0) is 16.1 Å². The first-order valence-corrected chi connectivity index (χ1v) is 5.76. The maximum absolute atomic E-state index is 12.0. The summed E-state index contributed by atoms with van der Waals surface area (Å²) in [5.41, 5.74) is 5.52. The Kier molecular flexibility index (Phi) is 3.70. The molecular weight excluding hydrogens is 240 g/mol. The first-order chi connectivity index (χ1) is 8.18. The second kappa shape index (κ2) is 5.24. The van der Waals surface area contributed by atoms with Crippen molar-refractivity contribution < 1.29 is 9.53 Å². The van der Waals surface area contributed by atoms with Gasteiger partial charge in [-0.25, -0.2) is 4.98 Å². The van der Waals surface area contributed by atoms with Gasteiger partial charge in [-0.3, -0.25) is 4.79 Å². The third-order valence-electron chi connectivity index (χ3n) is 2.61. The molecule has 92 valence electrons. The van der Waals surface area contributed by atoms with Crippen LogP contribution in [0.2, 0.25) is 0 Å². The van der Waals surface area contributed by atoms with Crippen LogP contribution in [0.1, 0.15) is 5.82 Å². The second-order valence-electron chi connectivity index (χ2n) is 3.74. The van der Waals surface area contributed by atoms with E-state index in [1.807, 2.05) is 0 Å². The number of nitrogens with zero attached hydrogens (tertiary/aromatic N) is 3. The van der Waals surface area contributed by atoms with Gasteiger partial charge in [0.2, 0.25) is 5.91 Å². The lowest BCUT2D eigenvalue weighted by Crippen LogP contribution is -2.42. The first-order valence-electron chi connectivity index (χ1n) is 5.35. The van der Waals surface area contributed by atoms with E-state index in [0.717, 1.165) is 0 Å². The number of thiocarbonyl (C=S) groups is 1. The third kappa shape index (κ3) is 2.80. The number of ether oxygens (including phenoxy) is 1. The number of carbonyl (C=O) groups is 1. The van der Waals surface area contributed by atoms with Crippen molar-refractivity contribution in [2.75, 3.05) is 26.3 Å². The minimum Gasteiger partial charge on any atom is -0.387 e. The van der Waals surface area contributed by atoms with Crippen molar-refractivity contribution in [2.24, 2.45) is 5.73 Å². The molecule has 0 atom stereocenters. The fourth-order valence-electron chi connectivity index (χ4n) is 1.72. The summed E-state index contributed by atoms with van der Waals surface area (Å²) < 4.78 is 6.86. The largest absolute Gasteiger partial charge is 0.387 e. The van der Waals surface area contributed by atoms with Gasteiger partial charge in [-0.15, -0.1) is 0 Å². The van der Waals surface area contributed by atoms with Crippen molar-refractivity contribution >= 4 is 23.1 Å². The number of morpholine rings is 1. The van der Waals surface area contributed by atoms with Crippen LogP contribution in [0, 0.1) is 0 Å². The molecule has 1 saturated heterocycles. The van der Waals surface area contributed by atoms with Gasteiger partial charge >= 0.3 is 0 Å². The molecule has 6 nitrogen and oxygen atoms in total. The van der Waals surface area contributed by atoms with Crippen molar-refractivity contribution in [3.63, 3.8) is 0 Å². The zero-order chi connectivity index (χ0) is 12.3. The lowest BCUT2D eigenvalue weighted by Gasteiger charge is -2.27. The van der Waals surface area contributed by atoms with E-state index >= 15 is 0 Å². The standard InChI is InChI=1S/C10H14N4O2S/c11-9(17)10-12-1-2-14(10)7-8(15)13-3-5-16-6-4-13/h1-2H,3-7H2,(H2,11,17). The van der Waals surface area contributed by atoms with E-state index in [-0.39, 0.29) is 17.4 Å². The van der Waals surface area contributed by atoms with E-state index < -0.39 is 0 Å². The summed E-state index contributed by atoms with van der Waals surface area (Å²) >= 11 is 4.86. The number of rotatable bonds is 3. The van der Waals surface area contributed by atoms with Crippen LogP contribution in [0.5, 0.6) is 0 Å². The highest BCUT2D eigenvalue weighted by atomic mass is 32.1. The molecule has 0 unspecified atom stereocenters. The summed E-state index contributed by atoms with van der Waals surface area (Å²) in [6.45, 7) is 2.67. The lowest BCUT2D eigenvalue weighted by molar-refractivity contribution is -0.135. The average Bonchev–Trinajstić information content (AvgIpc) is 2.78. The second-order valence-corrected chi connectivity index (χ2v) is 4.18. The van der Waals surface area contributed by atoms with Crippen LogP contribution in [0.25, 0.3) is 0 Å². The molecule has 1 amide bonds. The van der Waals surface area contributed by atoms with Crippen molar-refractivity contribution in [1.29, 1.82) is 0 Å². The van der Waals surface area contributed by atoms with E-state index in [1.54, 1.807) is 21.9 Å². The third-order valence-corrected chi connectivity index (χ3v) is 2.79. The van der Waals surface area contributed by atoms with Crippen LogP contribution in [0.15, 0.2) is 12.4 Å². The molecule has 1 fully saturated rings.